The molecule has 5 nitrogen and oxygen atoms in total. The highest BCUT2D eigenvalue weighted by atomic mass is 16.5. The molecular formula is C15H14N4O. The van der Waals surface area contributed by atoms with Gasteiger partial charge in [0.1, 0.15) is 5.75 Å². The minimum absolute atomic E-state index is 0.443. The molecule has 2 heterocycles. The molecule has 0 unspecified atom stereocenters. The molecule has 0 amide bonds. The van der Waals surface area contributed by atoms with Crippen LogP contribution < -0.4 is 10.5 Å². The number of nitrogen functional groups attached to an aromatic ring is 1. The molecule has 3 rings (SSSR count). The van der Waals surface area contributed by atoms with Crippen LogP contribution in [-0.2, 0) is 0 Å². The second kappa shape index (κ2) is 5.05. The minimum Gasteiger partial charge on any atom is -0.497 e. The van der Waals surface area contributed by atoms with Gasteiger partial charge in [-0.2, -0.15) is 5.10 Å². The number of aromatic nitrogens is 3. The normalized spacial score (nSPS) is 10.4. The molecule has 20 heavy (non-hydrogen) atoms. The summed E-state index contributed by atoms with van der Waals surface area (Å²) in [6, 6.07) is 13.4. The molecule has 0 saturated carbocycles. The SMILES string of the molecule is COc1cccc(-c2c(N)n[nH]c2-c2ccccn2)c1. The molecular weight excluding hydrogens is 252 g/mol. The van der Waals surface area contributed by atoms with Crippen molar-refractivity contribution < 1.29 is 4.74 Å². The van der Waals surface area contributed by atoms with E-state index in [9.17, 15) is 0 Å². The number of pyridine rings is 1. The van der Waals surface area contributed by atoms with Crippen LogP contribution in [0.1, 0.15) is 0 Å². The van der Waals surface area contributed by atoms with Crippen LogP contribution in [-0.4, -0.2) is 22.3 Å². The third kappa shape index (κ3) is 2.09. The van der Waals surface area contributed by atoms with E-state index in [0.717, 1.165) is 28.3 Å². The number of nitrogens with one attached hydrogen (secondary N) is 1. The zero-order valence-electron chi connectivity index (χ0n) is 11.0. The molecule has 0 radical (unpaired) electrons. The highest BCUT2D eigenvalue weighted by Crippen LogP contribution is 2.35. The largest absolute Gasteiger partial charge is 0.497 e. The van der Waals surface area contributed by atoms with Gasteiger partial charge in [-0.1, -0.05) is 18.2 Å². The highest BCUT2D eigenvalue weighted by molar-refractivity contribution is 5.87. The number of benzene rings is 1. The maximum Gasteiger partial charge on any atom is 0.153 e. The van der Waals surface area contributed by atoms with Crippen molar-refractivity contribution in [1.29, 1.82) is 0 Å². The molecule has 0 saturated heterocycles. The van der Waals surface area contributed by atoms with Crippen LogP contribution >= 0.6 is 0 Å². The average molecular weight is 266 g/mol. The number of aromatic amines is 1. The van der Waals surface area contributed by atoms with Crippen LogP contribution in [0.2, 0.25) is 0 Å². The van der Waals surface area contributed by atoms with E-state index in [1.807, 2.05) is 42.5 Å². The van der Waals surface area contributed by atoms with Crippen LogP contribution in [0, 0.1) is 0 Å². The molecule has 5 heteroatoms. The van der Waals surface area contributed by atoms with Gasteiger partial charge < -0.3 is 10.5 Å². The quantitative estimate of drug-likeness (QED) is 0.764. The lowest BCUT2D eigenvalue weighted by atomic mass is 10.0. The Hall–Kier alpha value is -2.82. The van der Waals surface area contributed by atoms with Crippen molar-refractivity contribution in [1.82, 2.24) is 15.2 Å². The Morgan fingerprint density at radius 2 is 2.05 bits per heavy atom. The lowest BCUT2D eigenvalue weighted by Crippen LogP contribution is -1.90. The van der Waals surface area contributed by atoms with E-state index in [0.29, 0.717) is 5.82 Å². The molecule has 0 spiro atoms. The number of ether oxygens (including phenoxy) is 1. The number of anilines is 1. The van der Waals surface area contributed by atoms with Crippen LogP contribution in [0.4, 0.5) is 5.82 Å². The predicted octanol–water partition coefficient (Wildman–Crippen LogP) is 2.73. The van der Waals surface area contributed by atoms with Crippen molar-refractivity contribution in [3.05, 3.63) is 48.7 Å². The van der Waals surface area contributed by atoms with E-state index in [4.69, 9.17) is 10.5 Å². The van der Waals surface area contributed by atoms with E-state index in [-0.39, 0.29) is 0 Å². The lowest BCUT2D eigenvalue weighted by Gasteiger charge is -2.06. The maximum absolute atomic E-state index is 5.99. The van der Waals surface area contributed by atoms with Crippen LogP contribution in [0.15, 0.2) is 48.7 Å². The van der Waals surface area contributed by atoms with Gasteiger partial charge in [0.05, 0.1) is 24.1 Å². The topological polar surface area (TPSA) is 76.8 Å². The summed E-state index contributed by atoms with van der Waals surface area (Å²) in [5.41, 5.74) is 9.37. The molecule has 0 fully saturated rings. The van der Waals surface area contributed by atoms with Gasteiger partial charge in [0.15, 0.2) is 5.82 Å². The molecule has 0 atom stereocenters. The van der Waals surface area contributed by atoms with Gasteiger partial charge in [-0.25, -0.2) is 0 Å². The number of hydrogen-bond acceptors (Lipinski definition) is 4. The number of H-pyrrole nitrogens is 1. The molecule has 0 bridgehead atoms. The Kier molecular flexibility index (Phi) is 3.09. The molecule has 0 aliphatic rings. The molecule has 3 aromatic rings. The summed E-state index contributed by atoms with van der Waals surface area (Å²) in [6.07, 6.45) is 1.74. The fourth-order valence-electron chi connectivity index (χ4n) is 2.12. The van der Waals surface area contributed by atoms with Gasteiger partial charge in [-0.3, -0.25) is 10.1 Å². The predicted molar refractivity (Wildman–Crippen MR) is 78.2 cm³/mol. The highest BCUT2D eigenvalue weighted by Gasteiger charge is 2.15. The van der Waals surface area contributed by atoms with Crippen molar-refractivity contribution in [3.8, 4) is 28.3 Å². The van der Waals surface area contributed by atoms with Gasteiger partial charge in [0, 0.05) is 6.20 Å². The zero-order valence-corrected chi connectivity index (χ0v) is 11.0. The van der Waals surface area contributed by atoms with Crippen LogP contribution in [0.5, 0.6) is 5.75 Å². The van der Waals surface area contributed by atoms with Crippen molar-refractivity contribution in [3.63, 3.8) is 0 Å². The number of nitrogens with two attached hydrogens (primary N) is 1. The van der Waals surface area contributed by atoms with Gasteiger partial charge in [0.25, 0.3) is 0 Å². The Bertz CT molecular complexity index is 722. The van der Waals surface area contributed by atoms with Crippen LogP contribution in [0.25, 0.3) is 22.5 Å². The van der Waals surface area contributed by atoms with Gasteiger partial charge in [-0.05, 0) is 29.8 Å². The van der Waals surface area contributed by atoms with Crippen molar-refractivity contribution in [2.45, 2.75) is 0 Å². The second-order valence-corrected chi connectivity index (χ2v) is 4.31. The first kappa shape index (κ1) is 12.2. The molecule has 0 aliphatic heterocycles. The molecule has 0 aliphatic carbocycles. The summed E-state index contributed by atoms with van der Waals surface area (Å²) in [6.45, 7) is 0. The molecule has 3 N–H and O–H groups in total. The third-order valence-corrected chi connectivity index (χ3v) is 3.07. The van der Waals surface area contributed by atoms with Gasteiger partial charge in [0.2, 0.25) is 0 Å². The average Bonchev–Trinajstić information content (AvgIpc) is 2.90. The fraction of sp³-hybridized carbons (Fsp3) is 0.0667. The second-order valence-electron chi connectivity index (χ2n) is 4.31. The van der Waals surface area contributed by atoms with Crippen LogP contribution in [0.3, 0.4) is 0 Å². The van der Waals surface area contributed by atoms with E-state index in [1.165, 1.54) is 0 Å². The van der Waals surface area contributed by atoms with E-state index in [1.54, 1.807) is 13.3 Å². The van der Waals surface area contributed by atoms with Crippen molar-refractivity contribution in [2.75, 3.05) is 12.8 Å². The number of rotatable bonds is 3. The van der Waals surface area contributed by atoms with Crippen molar-refractivity contribution >= 4 is 5.82 Å². The maximum atomic E-state index is 5.99. The van der Waals surface area contributed by atoms with E-state index < -0.39 is 0 Å². The minimum atomic E-state index is 0.443. The number of nitrogens with zero attached hydrogens (tertiary/aromatic N) is 2. The third-order valence-electron chi connectivity index (χ3n) is 3.07. The first-order valence-corrected chi connectivity index (χ1v) is 6.19. The summed E-state index contributed by atoms with van der Waals surface area (Å²) in [5, 5.41) is 7.04. The smallest absolute Gasteiger partial charge is 0.153 e. The summed E-state index contributed by atoms with van der Waals surface area (Å²) < 4.78 is 5.25. The summed E-state index contributed by atoms with van der Waals surface area (Å²) in [4.78, 5) is 4.33. The Morgan fingerprint density at radius 1 is 1.15 bits per heavy atom. The Balaban J connectivity index is 2.16. The molecule has 2 aromatic heterocycles. The van der Waals surface area contributed by atoms with E-state index >= 15 is 0 Å². The zero-order chi connectivity index (χ0) is 13.9. The molecule has 1 aromatic carbocycles. The molecule has 100 valence electrons. The van der Waals surface area contributed by atoms with Gasteiger partial charge in [-0.15, -0.1) is 0 Å². The first-order chi connectivity index (χ1) is 9.79. The fourth-order valence-corrected chi connectivity index (χ4v) is 2.12. The summed E-state index contributed by atoms with van der Waals surface area (Å²) >= 11 is 0. The Morgan fingerprint density at radius 3 is 2.80 bits per heavy atom. The Labute approximate surface area is 116 Å². The standard InChI is InChI=1S/C15H14N4O/c1-20-11-6-4-5-10(9-11)13-14(18-19-15(13)16)12-7-2-3-8-17-12/h2-9H,1H3,(H3,16,18,19). The first-order valence-electron chi connectivity index (χ1n) is 6.19. The van der Waals surface area contributed by atoms with Gasteiger partial charge >= 0.3 is 0 Å². The lowest BCUT2D eigenvalue weighted by molar-refractivity contribution is 0.415. The number of hydrogen-bond donors (Lipinski definition) is 2. The van der Waals surface area contributed by atoms with Crippen molar-refractivity contribution in [2.24, 2.45) is 0 Å². The van der Waals surface area contributed by atoms with E-state index in [2.05, 4.69) is 15.2 Å². The summed E-state index contributed by atoms with van der Waals surface area (Å²) in [7, 11) is 1.64. The summed E-state index contributed by atoms with van der Waals surface area (Å²) in [5.74, 6) is 1.22. The number of methoxy groups -OCH3 is 1. The monoisotopic (exact) mass is 266 g/mol.